The van der Waals surface area contributed by atoms with E-state index in [4.69, 9.17) is 0 Å². The van der Waals surface area contributed by atoms with Gasteiger partial charge in [-0.05, 0) is 78.4 Å². The zero-order valence-electron chi connectivity index (χ0n) is 20.9. The topological polar surface area (TPSA) is 94.6 Å². The van der Waals surface area contributed by atoms with Gasteiger partial charge in [-0.25, -0.2) is 0 Å². The zero-order valence-corrected chi connectivity index (χ0v) is 21.7. The predicted molar refractivity (Wildman–Crippen MR) is 146 cm³/mol. The fraction of sp³-hybridized carbons (Fsp3) is 0.321. The third kappa shape index (κ3) is 6.97. The Morgan fingerprint density at radius 3 is 2.41 bits per heavy atom. The van der Waals surface area contributed by atoms with Gasteiger partial charge in [0, 0.05) is 30.5 Å². The van der Waals surface area contributed by atoms with Crippen LogP contribution in [0.2, 0.25) is 0 Å². The van der Waals surface area contributed by atoms with Crippen molar-refractivity contribution in [3.05, 3.63) is 82.4 Å². The van der Waals surface area contributed by atoms with E-state index in [0.717, 1.165) is 66.3 Å². The molecule has 5 rings (SSSR count). The number of nitrogens with one attached hydrogen (secondary N) is 4. The number of hydrogen-bond acceptors (Lipinski definition) is 7. The summed E-state index contributed by atoms with van der Waals surface area (Å²) in [5, 5.41) is 12.3. The van der Waals surface area contributed by atoms with E-state index in [1.165, 1.54) is 12.1 Å². The Labute approximate surface area is 228 Å². The van der Waals surface area contributed by atoms with Crippen molar-refractivity contribution in [1.29, 1.82) is 0 Å². The first-order valence-electron chi connectivity index (χ1n) is 12.7. The van der Waals surface area contributed by atoms with Crippen molar-refractivity contribution in [2.45, 2.75) is 56.8 Å². The second kappa shape index (κ2) is 11.8. The van der Waals surface area contributed by atoms with Crippen molar-refractivity contribution in [3.8, 4) is 11.1 Å². The fourth-order valence-corrected chi connectivity index (χ4v) is 5.60. The minimum Gasteiger partial charge on any atom is -0.351 e. The smallest absolute Gasteiger partial charge is 0.351 e. The largest absolute Gasteiger partial charge is 0.416 e. The average Bonchev–Trinajstić information content (AvgIpc) is 3.24. The third-order valence-electron chi connectivity index (χ3n) is 6.96. The minimum atomic E-state index is -4.35. The van der Waals surface area contributed by atoms with Gasteiger partial charge in [-0.1, -0.05) is 36.4 Å². The molecule has 4 N–H and O–H groups in total. The van der Waals surface area contributed by atoms with Gasteiger partial charge in [-0.15, -0.1) is 0 Å². The maximum atomic E-state index is 12.9. The first kappa shape index (κ1) is 27.2. The van der Waals surface area contributed by atoms with E-state index in [1.54, 1.807) is 18.4 Å². The Morgan fingerprint density at radius 2 is 1.72 bits per heavy atom. The summed E-state index contributed by atoms with van der Waals surface area (Å²) in [6.45, 7) is 0.630. The van der Waals surface area contributed by atoms with E-state index in [0.29, 0.717) is 23.2 Å². The van der Waals surface area contributed by atoms with Crippen LogP contribution in [0.3, 0.4) is 0 Å². The molecule has 1 saturated heterocycles. The van der Waals surface area contributed by atoms with Crippen molar-refractivity contribution < 1.29 is 22.8 Å². The molecule has 2 aliphatic heterocycles. The Bertz CT molecular complexity index is 1320. The van der Waals surface area contributed by atoms with Crippen LogP contribution < -0.4 is 21.3 Å². The van der Waals surface area contributed by atoms with E-state index in [2.05, 4.69) is 26.3 Å². The van der Waals surface area contributed by atoms with Crippen LogP contribution >= 0.6 is 11.8 Å². The normalized spacial score (nSPS) is 24.4. The summed E-state index contributed by atoms with van der Waals surface area (Å²) in [6, 6.07) is 13.7. The number of carbonyl (C=O) groups excluding carboxylic acids is 2. The van der Waals surface area contributed by atoms with E-state index < -0.39 is 17.6 Å². The van der Waals surface area contributed by atoms with Gasteiger partial charge in [0.1, 0.15) is 0 Å². The van der Waals surface area contributed by atoms with Crippen LogP contribution in [0.25, 0.3) is 11.1 Å². The average molecular weight is 556 g/mol. The van der Waals surface area contributed by atoms with Crippen LogP contribution in [0.15, 0.2) is 76.3 Å². The molecule has 1 aliphatic carbocycles. The number of rotatable bonds is 7. The van der Waals surface area contributed by atoms with Crippen molar-refractivity contribution in [1.82, 2.24) is 21.3 Å². The van der Waals surface area contributed by atoms with Gasteiger partial charge < -0.3 is 10.6 Å². The molecular formula is C28H28F3N5O2S. The summed E-state index contributed by atoms with van der Waals surface area (Å²) in [5.41, 5.74) is 2.78. The van der Waals surface area contributed by atoms with E-state index in [-0.39, 0.29) is 17.6 Å². The highest BCUT2D eigenvalue weighted by Gasteiger charge is 2.30. The molecule has 1 atom stereocenters. The molecule has 1 unspecified atom stereocenters. The fourth-order valence-electron chi connectivity index (χ4n) is 4.93. The van der Waals surface area contributed by atoms with Gasteiger partial charge in [-0.3, -0.25) is 25.2 Å². The summed E-state index contributed by atoms with van der Waals surface area (Å²) in [6.07, 6.45) is 4.28. The minimum absolute atomic E-state index is 0.273. The van der Waals surface area contributed by atoms with Crippen molar-refractivity contribution in [2.24, 2.45) is 4.99 Å². The number of halogens is 3. The van der Waals surface area contributed by atoms with E-state index in [9.17, 15) is 22.8 Å². The standard InChI is InChI=1S/C28H28F3N5O2S/c29-28(30,31)19-7-5-17(6-8-19)23-4-2-1-3-18(23)16-33-20-9-11-21(12-10-20)34-26-32-14-13-22(35-26)15-24-25(37)36-27(38)39-24/h1-8,13-15,20-21,26,33-35H,9-12,16H2,(H,36,37,38)/b24-15-. The lowest BCUT2D eigenvalue weighted by molar-refractivity contribution is -0.137. The number of amides is 2. The van der Waals surface area contributed by atoms with Crippen molar-refractivity contribution >= 4 is 29.1 Å². The molecule has 3 aliphatic rings. The second-order valence-corrected chi connectivity index (χ2v) is 10.7. The van der Waals surface area contributed by atoms with Gasteiger partial charge in [0.05, 0.1) is 10.5 Å². The molecule has 2 fully saturated rings. The van der Waals surface area contributed by atoms with Crippen LogP contribution in [0, 0.1) is 0 Å². The predicted octanol–water partition coefficient (Wildman–Crippen LogP) is 5.07. The molecule has 0 bridgehead atoms. The Balaban J connectivity index is 1.10. The summed E-state index contributed by atoms with van der Waals surface area (Å²) in [5.74, 6) is -0.396. The third-order valence-corrected chi connectivity index (χ3v) is 7.77. The van der Waals surface area contributed by atoms with Crippen LogP contribution in [-0.4, -0.2) is 35.7 Å². The van der Waals surface area contributed by atoms with Gasteiger partial charge in [0.15, 0.2) is 6.29 Å². The zero-order chi connectivity index (χ0) is 27.4. The second-order valence-electron chi connectivity index (χ2n) is 9.65. The van der Waals surface area contributed by atoms with Gasteiger partial charge in [0.2, 0.25) is 0 Å². The van der Waals surface area contributed by atoms with Crippen LogP contribution in [0.4, 0.5) is 18.0 Å². The SMILES string of the molecule is O=C1NC(=O)/C(=C/C2=CC=NC(NC3CCC(NCc4ccccc4-c4ccc(C(F)(F)F)cc4)CC3)N2)S1. The number of benzene rings is 2. The number of thioether (sulfide) groups is 1. The summed E-state index contributed by atoms with van der Waals surface area (Å²) < 4.78 is 38.8. The van der Waals surface area contributed by atoms with Crippen molar-refractivity contribution in [3.63, 3.8) is 0 Å². The monoisotopic (exact) mass is 555 g/mol. The molecule has 2 heterocycles. The lowest BCUT2D eigenvalue weighted by atomic mass is 9.90. The molecule has 0 spiro atoms. The molecule has 0 radical (unpaired) electrons. The first-order valence-corrected chi connectivity index (χ1v) is 13.6. The number of allylic oxidation sites excluding steroid dienone is 2. The van der Waals surface area contributed by atoms with Gasteiger partial charge in [0.25, 0.3) is 11.1 Å². The lowest BCUT2D eigenvalue weighted by Crippen LogP contribution is -2.49. The molecule has 204 valence electrons. The quantitative estimate of drug-likeness (QED) is 0.357. The maximum Gasteiger partial charge on any atom is 0.416 e. The molecule has 2 amide bonds. The Hall–Kier alpha value is -3.41. The summed E-state index contributed by atoms with van der Waals surface area (Å²) in [7, 11) is 0. The van der Waals surface area contributed by atoms with Crippen LogP contribution in [0.1, 0.15) is 36.8 Å². The number of alkyl halides is 3. The Kier molecular flexibility index (Phi) is 8.20. The van der Waals surface area contributed by atoms with Gasteiger partial charge >= 0.3 is 6.18 Å². The molecular weight excluding hydrogens is 527 g/mol. The molecule has 39 heavy (non-hydrogen) atoms. The molecule has 0 aromatic heterocycles. The van der Waals surface area contributed by atoms with Crippen LogP contribution in [-0.2, 0) is 17.5 Å². The molecule has 11 heteroatoms. The Morgan fingerprint density at radius 1 is 1.00 bits per heavy atom. The summed E-state index contributed by atoms with van der Waals surface area (Å²) >= 11 is 0.876. The van der Waals surface area contributed by atoms with Gasteiger partial charge in [-0.2, -0.15) is 13.2 Å². The van der Waals surface area contributed by atoms with Crippen LogP contribution in [0.5, 0.6) is 0 Å². The number of imide groups is 1. The molecule has 2 aromatic carbocycles. The number of hydrogen-bond donors (Lipinski definition) is 4. The molecule has 1 saturated carbocycles. The first-order chi connectivity index (χ1) is 18.7. The number of nitrogens with zero attached hydrogens (tertiary/aromatic N) is 1. The maximum absolute atomic E-state index is 12.9. The highest BCUT2D eigenvalue weighted by Crippen LogP contribution is 2.32. The molecule has 2 aromatic rings. The number of aliphatic imine (C=N–C) groups is 1. The van der Waals surface area contributed by atoms with Crippen molar-refractivity contribution in [2.75, 3.05) is 0 Å². The van der Waals surface area contributed by atoms with E-state index >= 15 is 0 Å². The number of carbonyl (C=O) groups is 2. The summed E-state index contributed by atoms with van der Waals surface area (Å²) in [4.78, 5) is 28.0. The highest BCUT2D eigenvalue weighted by atomic mass is 32.2. The van der Waals surface area contributed by atoms with E-state index in [1.807, 2.05) is 24.3 Å². The highest BCUT2D eigenvalue weighted by molar-refractivity contribution is 8.18. The molecule has 7 nitrogen and oxygen atoms in total. The lowest BCUT2D eigenvalue weighted by Gasteiger charge is -2.33.